The Kier molecular flexibility index (Phi) is 3.14. The van der Waals surface area contributed by atoms with Crippen molar-refractivity contribution in [3.8, 4) is 5.75 Å². The second-order valence-corrected chi connectivity index (χ2v) is 4.71. The van der Waals surface area contributed by atoms with Gasteiger partial charge in [0.1, 0.15) is 29.3 Å². The van der Waals surface area contributed by atoms with Gasteiger partial charge < -0.3 is 9.84 Å². The zero-order valence-corrected chi connectivity index (χ0v) is 10.3. The van der Waals surface area contributed by atoms with E-state index in [1.165, 1.54) is 18.2 Å². The molecule has 1 aliphatic heterocycles. The maximum absolute atomic E-state index is 13.7. The zero-order valence-electron chi connectivity index (χ0n) is 10.3. The predicted molar refractivity (Wildman–Crippen MR) is 65.7 cm³/mol. The first-order valence-electron chi connectivity index (χ1n) is 6.13. The SMILES string of the molecule is OC1CC(c2ccc(F)cc2F)Oc2cc(F)ccc21. The highest BCUT2D eigenvalue weighted by Crippen LogP contribution is 2.41. The number of benzene rings is 2. The van der Waals surface area contributed by atoms with Crippen LogP contribution < -0.4 is 4.74 Å². The quantitative estimate of drug-likeness (QED) is 0.863. The minimum absolute atomic E-state index is 0.126. The van der Waals surface area contributed by atoms with Gasteiger partial charge in [-0.3, -0.25) is 0 Å². The molecule has 3 rings (SSSR count). The first kappa shape index (κ1) is 13.0. The summed E-state index contributed by atoms with van der Waals surface area (Å²) in [5.41, 5.74) is 0.602. The van der Waals surface area contributed by atoms with Crippen LogP contribution in [0, 0.1) is 17.5 Å². The molecule has 2 atom stereocenters. The summed E-state index contributed by atoms with van der Waals surface area (Å²) in [4.78, 5) is 0. The van der Waals surface area contributed by atoms with Crippen LogP contribution in [0.4, 0.5) is 13.2 Å². The van der Waals surface area contributed by atoms with Gasteiger partial charge in [-0.1, -0.05) is 0 Å². The molecule has 104 valence electrons. The summed E-state index contributed by atoms with van der Waals surface area (Å²) in [5, 5.41) is 10.0. The van der Waals surface area contributed by atoms with Crippen LogP contribution in [0.25, 0.3) is 0 Å². The Bertz CT molecular complexity index is 658. The van der Waals surface area contributed by atoms with Gasteiger partial charge in [-0.05, 0) is 24.3 Å². The van der Waals surface area contributed by atoms with Gasteiger partial charge in [0.05, 0.1) is 6.10 Å². The Morgan fingerprint density at radius 1 is 0.950 bits per heavy atom. The highest BCUT2D eigenvalue weighted by atomic mass is 19.1. The molecule has 2 nitrogen and oxygen atoms in total. The molecule has 2 unspecified atom stereocenters. The Morgan fingerprint density at radius 3 is 2.30 bits per heavy atom. The Labute approximate surface area is 113 Å². The van der Waals surface area contributed by atoms with Gasteiger partial charge in [0.15, 0.2) is 0 Å². The van der Waals surface area contributed by atoms with Crippen molar-refractivity contribution >= 4 is 0 Å². The molecule has 2 aromatic rings. The van der Waals surface area contributed by atoms with Crippen LogP contribution in [-0.2, 0) is 0 Å². The van der Waals surface area contributed by atoms with Crippen molar-refractivity contribution in [2.45, 2.75) is 18.6 Å². The molecule has 1 aliphatic rings. The summed E-state index contributed by atoms with van der Waals surface area (Å²) < 4.78 is 45.4. The van der Waals surface area contributed by atoms with Crippen molar-refractivity contribution in [2.75, 3.05) is 0 Å². The van der Waals surface area contributed by atoms with Crippen molar-refractivity contribution in [3.63, 3.8) is 0 Å². The number of fused-ring (bicyclic) bond motifs is 1. The largest absolute Gasteiger partial charge is 0.485 e. The summed E-state index contributed by atoms with van der Waals surface area (Å²) >= 11 is 0. The van der Waals surface area contributed by atoms with Crippen LogP contribution in [0.15, 0.2) is 36.4 Å². The molecular weight excluding hydrogens is 269 g/mol. The van der Waals surface area contributed by atoms with E-state index in [1.807, 2.05) is 0 Å². The molecule has 0 aliphatic carbocycles. The van der Waals surface area contributed by atoms with Crippen LogP contribution >= 0.6 is 0 Å². The summed E-state index contributed by atoms with van der Waals surface area (Å²) in [6.45, 7) is 0. The average Bonchev–Trinajstić information content (AvgIpc) is 2.37. The van der Waals surface area contributed by atoms with E-state index in [1.54, 1.807) is 0 Å². The van der Waals surface area contributed by atoms with Crippen LogP contribution in [0.1, 0.15) is 29.8 Å². The zero-order chi connectivity index (χ0) is 14.3. The minimum atomic E-state index is -0.881. The lowest BCUT2D eigenvalue weighted by Gasteiger charge is -2.30. The summed E-state index contributed by atoms with van der Waals surface area (Å²) in [6, 6.07) is 6.96. The average molecular weight is 280 g/mol. The topological polar surface area (TPSA) is 29.5 Å². The number of ether oxygens (including phenoxy) is 1. The van der Waals surface area contributed by atoms with Gasteiger partial charge in [0.25, 0.3) is 0 Å². The van der Waals surface area contributed by atoms with Gasteiger partial charge in [0, 0.05) is 29.7 Å². The lowest BCUT2D eigenvalue weighted by Crippen LogP contribution is -2.20. The molecular formula is C15H11F3O2. The normalized spacial score (nSPS) is 21.2. The monoisotopic (exact) mass is 280 g/mol. The first-order chi connectivity index (χ1) is 9.54. The fraction of sp³-hybridized carbons (Fsp3) is 0.200. The molecule has 5 heteroatoms. The Hall–Kier alpha value is -2.01. The Morgan fingerprint density at radius 2 is 1.60 bits per heavy atom. The van der Waals surface area contributed by atoms with Crippen LogP contribution in [0.5, 0.6) is 5.75 Å². The highest BCUT2D eigenvalue weighted by molar-refractivity contribution is 5.39. The number of hydrogen-bond acceptors (Lipinski definition) is 2. The van der Waals surface area contributed by atoms with Crippen LogP contribution in [0.3, 0.4) is 0 Å². The lowest BCUT2D eigenvalue weighted by atomic mass is 9.94. The lowest BCUT2D eigenvalue weighted by molar-refractivity contribution is 0.0636. The Balaban J connectivity index is 1.98. The number of aliphatic hydroxyl groups is 1. The minimum Gasteiger partial charge on any atom is -0.485 e. The van der Waals surface area contributed by atoms with E-state index in [-0.39, 0.29) is 17.7 Å². The van der Waals surface area contributed by atoms with Crippen molar-refractivity contribution in [3.05, 3.63) is 65.0 Å². The smallest absolute Gasteiger partial charge is 0.133 e. The third-order valence-corrected chi connectivity index (χ3v) is 3.35. The first-order valence-corrected chi connectivity index (χ1v) is 6.13. The molecule has 1 heterocycles. The molecule has 0 bridgehead atoms. The summed E-state index contributed by atoms with van der Waals surface area (Å²) in [6.07, 6.45) is -1.53. The molecule has 0 amide bonds. The number of rotatable bonds is 1. The molecule has 0 spiro atoms. The summed E-state index contributed by atoms with van der Waals surface area (Å²) in [5.74, 6) is -1.76. The van der Waals surface area contributed by atoms with Crippen LogP contribution in [0.2, 0.25) is 0 Å². The number of hydrogen-bond donors (Lipinski definition) is 1. The third kappa shape index (κ3) is 2.25. The third-order valence-electron chi connectivity index (χ3n) is 3.35. The highest BCUT2D eigenvalue weighted by Gasteiger charge is 2.30. The molecule has 0 fully saturated rings. The fourth-order valence-corrected chi connectivity index (χ4v) is 2.37. The van der Waals surface area contributed by atoms with Crippen molar-refractivity contribution in [1.29, 1.82) is 0 Å². The number of aliphatic hydroxyl groups excluding tert-OH is 1. The second kappa shape index (κ2) is 4.83. The van der Waals surface area contributed by atoms with Gasteiger partial charge in [0.2, 0.25) is 0 Å². The molecule has 2 aromatic carbocycles. The maximum atomic E-state index is 13.7. The van der Waals surface area contributed by atoms with Gasteiger partial charge in [-0.15, -0.1) is 0 Å². The van der Waals surface area contributed by atoms with Crippen molar-refractivity contribution in [1.82, 2.24) is 0 Å². The van der Waals surface area contributed by atoms with E-state index < -0.39 is 29.7 Å². The van der Waals surface area contributed by atoms with E-state index >= 15 is 0 Å². The van der Waals surface area contributed by atoms with Crippen molar-refractivity contribution in [2.24, 2.45) is 0 Å². The maximum Gasteiger partial charge on any atom is 0.133 e. The van der Waals surface area contributed by atoms with Gasteiger partial charge >= 0.3 is 0 Å². The van der Waals surface area contributed by atoms with E-state index in [4.69, 9.17) is 4.74 Å². The molecule has 0 saturated carbocycles. The van der Waals surface area contributed by atoms with Gasteiger partial charge in [-0.25, -0.2) is 13.2 Å². The molecule has 20 heavy (non-hydrogen) atoms. The van der Waals surface area contributed by atoms with E-state index in [2.05, 4.69) is 0 Å². The fourth-order valence-electron chi connectivity index (χ4n) is 2.37. The standard InChI is InChI=1S/C15H11F3O2/c16-8-1-3-10(12(18)5-8)15-7-13(19)11-4-2-9(17)6-14(11)20-15/h1-6,13,15,19H,7H2. The predicted octanol–water partition coefficient (Wildman–Crippen LogP) is 3.66. The van der Waals surface area contributed by atoms with Crippen molar-refractivity contribution < 1.29 is 23.0 Å². The molecule has 0 radical (unpaired) electrons. The molecule has 0 saturated heterocycles. The summed E-state index contributed by atoms with van der Waals surface area (Å²) in [7, 11) is 0. The second-order valence-electron chi connectivity index (χ2n) is 4.71. The molecule has 0 aromatic heterocycles. The van der Waals surface area contributed by atoms with E-state index in [0.717, 1.165) is 18.2 Å². The number of halogens is 3. The van der Waals surface area contributed by atoms with Gasteiger partial charge in [-0.2, -0.15) is 0 Å². The van der Waals surface area contributed by atoms with E-state index in [9.17, 15) is 18.3 Å². The van der Waals surface area contributed by atoms with E-state index in [0.29, 0.717) is 5.56 Å². The molecule has 1 N–H and O–H groups in total. The van der Waals surface area contributed by atoms with Crippen LogP contribution in [-0.4, -0.2) is 5.11 Å².